The number of Topliss-reactive ketones (excluding diaryl/α,β-unsaturated/α-hetero) is 1. The topological polar surface area (TPSA) is 92.9 Å². The molecule has 0 aliphatic carbocycles. The number of aliphatic hydroxyl groups is 1. The lowest BCUT2D eigenvalue weighted by atomic mass is 9.98. The van der Waals surface area contributed by atoms with Crippen LogP contribution >= 0.6 is 0 Å². The van der Waals surface area contributed by atoms with Gasteiger partial charge < -0.3 is 19.2 Å². The molecule has 4 rings (SSSR count). The Balaban J connectivity index is 1.80. The second-order valence-corrected chi connectivity index (χ2v) is 7.21. The number of likely N-dealkylation sites (tertiary alicyclic amines) is 1. The van der Waals surface area contributed by atoms with Gasteiger partial charge in [0.2, 0.25) is 0 Å². The Kier molecular flexibility index (Phi) is 5.58. The summed E-state index contributed by atoms with van der Waals surface area (Å²) in [7, 11) is 0. The van der Waals surface area contributed by atoms with E-state index in [4.69, 9.17) is 9.15 Å². The zero-order chi connectivity index (χ0) is 22.0. The number of rotatable bonds is 6. The fourth-order valence-corrected chi connectivity index (χ4v) is 3.74. The molecule has 1 unspecified atom stereocenters. The van der Waals surface area contributed by atoms with Gasteiger partial charge in [-0.15, -0.1) is 0 Å². The van der Waals surface area contributed by atoms with Gasteiger partial charge in [0.25, 0.3) is 11.7 Å². The fraction of sp³-hybridized carbons (Fsp3) is 0.208. The van der Waals surface area contributed by atoms with Crippen LogP contribution in [-0.4, -0.2) is 33.3 Å². The number of aromatic nitrogens is 1. The number of nitrogens with zero attached hydrogens (tertiary/aromatic N) is 2. The standard InChI is InChI=1S/C24H22N2O5/c1-3-30-18-7-6-17(13-15(18)2)22(27)20-21(19-5-4-12-31-19)26(24(29)23(20)28)14-16-8-10-25-11-9-16/h4-13,21,27H,3,14H2,1-2H3/b22-20-. The van der Waals surface area contributed by atoms with Crippen molar-refractivity contribution in [1.29, 1.82) is 0 Å². The van der Waals surface area contributed by atoms with Crippen LogP contribution in [0.5, 0.6) is 5.75 Å². The van der Waals surface area contributed by atoms with Gasteiger partial charge in [-0.1, -0.05) is 0 Å². The minimum Gasteiger partial charge on any atom is -0.507 e. The normalized spacial score (nSPS) is 17.9. The van der Waals surface area contributed by atoms with Crippen LogP contribution in [0.2, 0.25) is 0 Å². The third-order valence-electron chi connectivity index (χ3n) is 5.20. The molecule has 0 radical (unpaired) electrons. The van der Waals surface area contributed by atoms with E-state index in [1.54, 1.807) is 54.9 Å². The number of carbonyl (C=O) groups is 2. The van der Waals surface area contributed by atoms with Crippen molar-refractivity contribution in [2.24, 2.45) is 0 Å². The molecule has 7 heteroatoms. The van der Waals surface area contributed by atoms with Crippen LogP contribution in [-0.2, 0) is 16.1 Å². The average molecular weight is 418 g/mol. The maximum atomic E-state index is 13.0. The van der Waals surface area contributed by atoms with Crippen LogP contribution in [0, 0.1) is 6.92 Å². The maximum absolute atomic E-state index is 13.0. The van der Waals surface area contributed by atoms with Crippen molar-refractivity contribution in [2.45, 2.75) is 26.4 Å². The number of hydrogen-bond donors (Lipinski definition) is 1. The monoisotopic (exact) mass is 418 g/mol. The van der Waals surface area contributed by atoms with Gasteiger partial charge in [-0.2, -0.15) is 0 Å². The van der Waals surface area contributed by atoms with Crippen molar-refractivity contribution in [3.05, 3.63) is 89.1 Å². The van der Waals surface area contributed by atoms with E-state index in [1.807, 2.05) is 13.8 Å². The van der Waals surface area contributed by atoms with E-state index in [-0.39, 0.29) is 17.9 Å². The first kappa shape index (κ1) is 20.4. The minimum absolute atomic E-state index is 0.00225. The van der Waals surface area contributed by atoms with Crippen LogP contribution in [0.4, 0.5) is 0 Å². The summed E-state index contributed by atoms with van der Waals surface area (Å²) in [4.78, 5) is 31.3. The zero-order valence-electron chi connectivity index (χ0n) is 17.2. The first-order chi connectivity index (χ1) is 15.0. The van der Waals surface area contributed by atoms with Crippen molar-refractivity contribution >= 4 is 17.4 Å². The number of ether oxygens (including phenoxy) is 1. The van der Waals surface area contributed by atoms with Crippen molar-refractivity contribution in [3.8, 4) is 5.75 Å². The Morgan fingerprint density at radius 2 is 1.97 bits per heavy atom. The highest BCUT2D eigenvalue weighted by atomic mass is 16.5. The number of amides is 1. The minimum atomic E-state index is -0.838. The highest BCUT2D eigenvalue weighted by Gasteiger charge is 2.47. The van der Waals surface area contributed by atoms with Gasteiger partial charge in [0.05, 0.1) is 18.4 Å². The Hall–Kier alpha value is -3.87. The molecule has 3 aromatic rings. The molecule has 1 fully saturated rings. The number of furan rings is 1. The van der Waals surface area contributed by atoms with Crippen LogP contribution in [0.3, 0.4) is 0 Å². The Morgan fingerprint density at radius 3 is 2.61 bits per heavy atom. The lowest BCUT2D eigenvalue weighted by molar-refractivity contribution is -0.140. The van der Waals surface area contributed by atoms with E-state index >= 15 is 0 Å². The summed E-state index contributed by atoms with van der Waals surface area (Å²) in [6, 6.07) is 11.2. The van der Waals surface area contributed by atoms with Crippen molar-refractivity contribution < 1.29 is 23.8 Å². The number of benzene rings is 1. The lowest BCUT2D eigenvalue weighted by Gasteiger charge is -2.23. The van der Waals surface area contributed by atoms with E-state index in [0.29, 0.717) is 23.7 Å². The third kappa shape index (κ3) is 3.82. The lowest BCUT2D eigenvalue weighted by Crippen LogP contribution is -2.29. The summed E-state index contributed by atoms with van der Waals surface area (Å²) < 4.78 is 11.1. The smallest absolute Gasteiger partial charge is 0.296 e. The molecule has 1 atom stereocenters. The highest BCUT2D eigenvalue weighted by molar-refractivity contribution is 6.46. The molecular formula is C24H22N2O5. The zero-order valence-corrected chi connectivity index (χ0v) is 17.2. The van der Waals surface area contributed by atoms with Crippen molar-refractivity contribution in [2.75, 3.05) is 6.61 Å². The van der Waals surface area contributed by atoms with Gasteiger partial charge in [-0.05, 0) is 67.4 Å². The second kappa shape index (κ2) is 8.47. The largest absolute Gasteiger partial charge is 0.507 e. The van der Waals surface area contributed by atoms with Gasteiger partial charge in [-0.3, -0.25) is 14.6 Å². The number of carbonyl (C=O) groups excluding carboxylic acids is 2. The van der Waals surface area contributed by atoms with Gasteiger partial charge >= 0.3 is 0 Å². The van der Waals surface area contributed by atoms with E-state index < -0.39 is 17.7 Å². The van der Waals surface area contributed by atoms with Crippen molar-refractivity contribution in [3.63, 3.8) is 0 Å². The van der Waals surface area contributed by atoms with Crippen LogP contribution in [0.15, 0.2) is 71.1 Å². The fourth-order valence-electron chi connectivity index (χ4n) is 3.74. The number of aliphatic hydroxyl groups excluding tert-OH is 1. The van der Waals surface area contributed by atoms with E-state index in [9.17, 15) is 14.7 Å². The van der Waals surface area contributed by atoms with Crippen molar-refractivity contribution in [1.82, 2.24) is 9.88 Å². The molecule has 1 amide bonds. The third-order valence-corrected chi connectivity index (χ3v) is 5.20. The first-order valence-corrected chi connectivity index (χ1v) is 9.95. The molecule has 2 aromatic heterocycles. The van der Waals surface area contributed by atoms with Gasteiger partial charge in [0.1, 0.15) is 23.3 Å². The highest BCUT2D eigenvalue weighted by Crippen LogP contribution is 2.40. The Morgan fingerprint density at radius 1 is 1.19 bits per heavy atom. The average Bonchev–Trinajstić information content (AvgIpc) is 3.38. The van der Waals surface area contributed by atoms with E-state index in [0.717, 1.165) is 11.1 Å². The molecule has 3 heterocycles. The first-order valence-electron chi connectivity index (χ1n) is 9.95. The molecule has 7 nitrogen and oxygen atoms in total. The molecule has 0 bridgehead atoms. The molecule has 0 saturated carbocycles. The molecule has 1 aliphatic rings. The molecule has 1 N–H and O–H groups in total. The van der Waals surface area contributed by atoms with Gasteiger partial charge in [-0.25, -0.2) is 0 Å². The van der Waals surface area contributed by atoms with Gasteiger partial charge in [0.15, 0.2) is 0 Å². The summed E-state index contributed by atoms with van der Waals surface area (Å²) in [6.07, 6.45) is 4.72. The molecular weight excluding hydrogens is 396 g/mol. The summed E-state index contributed by atoms with van der Waals surface area (Å²) >= 11 is 0. The van der Waals surface area contributed by atoms with E-state index in [1.165, 1.54) is 11.2 Å². The number of pyridine rings is 1. The summed E-state index contributed by atoms with van der Waals surface area (Å²) in [6.45, 7) is 4.44. The number of aryl methyl sites for hydroxylation is 1. The molecule has 1 aliphatic heterocycles. The number of ketones is 1. The predicted octanol–water partition coefficient (Wildman–Crippen LogP) is 4.00. The molecule has 0 spiro atoms. The second-order valence-electron chi connectivity index (χ2n) is 7.21. The van der Waals surface area contributed by atoms with Gasteiger partial charge in [0, 0.05) is 24.5 Å². The predicted molar refractivity (Wildman–Crippen MR) is 113 cm³/mol. The summed E-state index contributed by atoms with van der Waals surface area (Å²) in [5, 5.41) is 11.1. The molecule has 31 heavy (non-hydrogen) atoms. The maximum Gasteiger partial charge on any atom is 0.296 e. The molecule has 1 aromatic carbocycles. The van der Waals surface area contributed by atoms with Crippen LogP contribution in [0.25, 0.3) is 5.76 Å². The summed E-state index contributed by atoms with van der Waals surface area (Å²) in [5.41, 5.74) is 2.05. The molecule has 158 valence electrons. The summed E-state index contributed by atoms with van der Waals surface area (Å²) in [5.74, 6) is -0.595. The molecule has 1 saturated heterocycles. The quantitative estimate of drug-likeness (QED) is 0.369. The van der Waals surface area contributed by atoms with Crippen LogP contribution < -0.4 is 4.74 Å². The van der Waals surface area contributed by atoms with Crippen LogP contribution in [0.1, 0.15) is 35.4 Å². The number of hydrogen-bond acceptors (Lipinski definition) is 6. The Labute approximate surface area is 179 Å². The Bertz CT molecular complexity index is 1140. The van der Waals surface area contributed by atoms with E-state index in [2.05, 4.69) is 4.98 Å². The SMILES string of the molecule is CCOc1ccc(/C(O)=C2/C(=O)C(=O)N(Cc3ccncc3)C2c2ccco2)cc1C.